The first-order chi connectivity index (χ1) is 8.97. The van der Waals surface area contributed by atoms with E-state index in [0.717, 1.165) is 0 Å². The molecule has 0 saturated carbocycles. The van der Waals surface area contributed by atoms with E-state index in [1.807, 2.05) is 0 Å². The van der Waals surface area contributed by atoms with E-state index in [2.05, 4.69) is 4.98 Å². The lowest BCUT2D eigenvalue weighted by Gasteiger charge is -2.06. The average Bonchev–Trinajstić information content (AvgIpc) is 2.36. The maximum absolute atomic E-state index is 11.4. The van der Waals surface area contributed by atoms with Crippen molar-refractivity contribution >= 4 is 5.69 Å². The predicted octanol–water partition coefficient (Wildman–Crippen LogP) is 2.03. The highest BCUT2D eigenvalue weighted by Crippen LogP contribution is 2.28. The highest BCUT2D eigenvalue weighted by molar-refractivity contribution is 5.44. The largest absolute Gasteiger partial charge is 0.618 e. The van der Waals surface area contributed by atoms with Gasteiger partial charge in [0.25, 0.3) is 5.88 Å². The Balaban J connectivity index is 2.37. The molecule has 0 amide bonds. The third kappa shape index (κ3) is 2.76. The summed E-state index contributed by atoms with van der Waals surface area (Å²) in [5, 5.41) is 22.3. The molecule has 7 nitrogen and oxygen atoms in total. The van der Waals surface area contributed by atoms with Gasteiger partial charge in [0.15, 0.2) is 11.4 Å². The van der Waals surface area contributed by atoms with E-state index in [4.69, 9.17) is 4.74 Å². The zero-order valence-electron chi connectivity index (χ0n) is 10.4. The first kappa shape index (κ1) is 12.7. The molecule has 0 N–H and O–H groups in total. The average molecular weight is 261 g/mol. The maximum Gasteiger partial charge on any atom is 0.331 e. The zero-order chi connectivity index (χ0) is 14.0. The molecule has 0 aliphatic heterocycles. The molecule has 0 atom stereocenters. The fourth-order valence-electron chi connectivity index (χ4n) is 1.46. The Morgan fingerprint density at radius 3 is 2.74 bits per heavy atom. The number of ether oxygens (including phenoxy) is 1. The highest BCUT2D eigenvalue weighted by Gasteiger charge is 2.18. The molecule has 0 aliphatic rings. The van der Waals surface area contributed by atoms with Gasteiger partial charge in [-0.2, -0.15) is 4.73 Å². The second-order valence-corrected chi connectivity index (χ2v) is 4.03. The predicted molar refractivity (Wildman–Crippen MR) is 65.8 cm³/mol. The van der Waals surface area contributed by atoms with Gasteiger partial charge in [0.05, 0.1) is 4.92 Å². The van der Waals surface area contributed by atoms with E-state index in [-0.39, 0.29) is 17.3 Å². The Labute approximate surface area is 108 Å². The SMILES string of the molecule is Cc1cnc(Oc2ccc(C)[n+]([O-])c2)c([N+](=O)[O-])c1. The van der Waals surface area contributed by atoms with Gasteiger partial charge in [-0.15, -0.1) is 0 Å². The standard InChI is InChI=1S/C12H11N3O4/c1-8-5-11(15(17)18)12(13-6-8)19-10-4-3-9(2)14(16)7-10/h3-7H,1-2H3. The molecule has 0 saturated heterocycles. The molecule has 2 aromatic heterocycles. The summed E-state index contributed by atoms with van der Waals surface area (Å²) in [4.78, 5) is 14.2. The van der Waals surface area contributed by atoms with Crippen molar-refractivity contribution in [3.8, 4) is 11.6 Å². The summed E-state index contributed by atoms with van der Waals surface area (Å²) in [7, 11) is 0. The molecule has 19 heavy (non-hydrogen) atoms. The molecular weight excluding hydrogens is 250 g/mol. The number of aryl methyl sites for hydroxylation is 2. The van der Waals surface area contributed by atoms with Crippen molar-refractivity contribution in [1.82, 2.24) is 4.98 Å². The van der Waals surface area contributed by atoms with Crippen LogP contribution in [0.5, 0.6) is 11.6 Å². The summed E-state index contributed by atoms with van der Waals surface area (Å²) >= 11 is 0. The minimum atomic E-state index is -0.575. The number of rotatable bonds is 3. The fourth-order valence-corrected chi connectivity index (χ4v) is 1.46. The van der Waals surface area contributed by atoms with Gasteiger partial charge in [0, 0.05) is 25.3 Å². The number of hydrogen-bond acceptors (Lipinski definition) is 5. The molecule has 0 aromatic carbocycles. The Hall–Kier alpha value is -2.70. The Bertz CT molecular complexity index is 643. The molecule has 0 fully saturated rings. The van der Waals surface area contributed by atoms with Crippen LogP contribution in [-0.4, -0.2) is 9.91 Å². The molecule has 0 radical (unpaired) electrons. The summed E-state index contributed by atoms with van der Waals surface area (Å²) < 4.78 is 5.91. The molecule has 2 aromatic rings. The monoisotopic (exact) mass is 261 g/mol. The number of nitrogens with zero attached hydrogens (tertiary/aromatic N) is 3. The normalized spacial score (nSPS) is 10.2. The summed E-state index contributed by atoms with van der Waals surface area (Å²) in [6, 6.07) is 4.47. The zero-order valence-corrected chi connectivity index (χ0v) is 10.4. The van der Waals surface area contributed by atoms with Crippen molar-refractivity contribution in [2.24, 2.45) is 0 Å². The molecular formula is C12H11N3O4. The van der Waals surface area contributed by atoms with Crippen LogP contribution in [0.1, 0.15) is 11.3 Å². The quantitative estimate of drug-likeness (QED) is 0.365. The van der Waals surface area contributed by atoms with Crippen LogP contribution in [0.25, 0.3) is 0 Å². The van der Waals surface area contributed by atoms with Gasteiger partial charge in [0.1, 0.15) is 0 Å². The molecule has 0 aliphatic carbocycles. The molecule has 7 heteroatoms. The van der Waals surface area contributed by atoms with Crippen molar-refractivity contribution in [1.29, 1.82) is 0 Å². The van der Waals surface area contributed by atoms with Crippen molar-refractivity contribution in [3.63, 3.8) is 0 Å². The van der Waals surface area contributed by atoms with Crippen LogP contribution in [0.15, 0.2) is 30.6 Å². The fraction of sp³-hybridized carbons (Fsp3) is 0.167. The molecule has 2 heterocycles. The number of aromatic nitrogens is 2. The van der Waals surface area contributed by atoms with Gasteiger partial charge in [0.2, 0.25) is 6.20 Å². The van der Waals surface area contributed by atoms with Crippen molar-refractivity contribution in [3.05, 3.63) is 57.2 Å². The van der Waals surface area contributed by atoms with Gasteiger partial charge in [-0.05, 0) is 18.6 Å². The topological polar surface area (TPSA) is 92.2 Å². The van der Waals surface area contributed by atoms with Gasteiger partial charge < -0.3 is 9.94 Å². The smallest absolute Gasteiger partial charge is 0.331 e. The van der Waals surface area contributed by atoms with E-state index < -0.39 is 4.92 Å². The Morgan fingerprint density at radius 1 is 1.37 bits per heavy atom. The van der Waals surface area contributed by atoms with Gasteiger partial charge in [-0.3, -0.25) is 10.1 Å². The molecule has 0 spiro atoms. The summed E-state index contributed by atoms with van der Waals surface area (Å²) in [6.07, 6.45) is 2.66. The highest BCUT2D eigenvalue weighted by atomic mass is 16.6. The van der Waals surface area contributed by atoms with Crippen LogP contribution in [-0.2, 0) is 0 Å². The Morgan fingerprint density at radius 2 is 2.11 bits per heavy atom. The first-order valence-corrected chi connectivity index (χ1v) is 5.46. The molecule has 2 rings (SSSR count). The second-order valence-electron chi connectivity index (χ2n) is 4.03. The van der Waals surface area contributed by atoms with E-state index in [1.54, 1.807) is 26.0 Å². The minimum Gasteiger partial charge on any atom is -0.618 e. The lowest BCUT2D eigenvalue weighted by atomic mass is 10.3. The third-order valence-electron chi connectivity index (χ3n) is 2.46. The number of pyridine rings is 2. The van der Waals surface area contributed by atoms with Crippen LogP contribution < -0.4 is 9.47 Å². The number of nitro groups is 1. The number of hydrogen-bond donors (Lipinski definition) is 0. The van der Waals surface area contributed by atoms with Crippen LogP contribution in [0.3, 0.4) is 0 Å². The maximum atomic E-state index is 11.4. The minimum absolute atomic E-state index is 0.139. The van der Waals surface area contributed by atoms with Crippen molar-refractivity contribution in [2.75, 3.05) is 0 Å². The molecule has 98 valence electrons. The molecule has 0 unspecified atom stereocenters. The van der Waals surface area contributed by atoms with E-state index >= 15 is 0 Å². The summed E-state index contributed by atoms with van der Waals surface area (Å²) in [5.41, 5.74) is 0.915. The van der Waals surface area contributed by atoms with Crippen LogP contribution in [0.2, 0.25) is 0 Å². The van der Waals surface area contributed by atoms with Crippen LogP contribution in [0, 0.1) is 29.2 Å². The second kappa shape index (κ2) is 4.89. The van der Waals surface area contributed by atoms with Crippen LogP contribution in [0.4, 0.5) is 5.69 Å². The van der Waals surface area contributed by atoms with Gasteiger partial charge in [-0.25, -0.2) is 4.98 Å². The van der Waals surface area contributed by atoms with E-state index in [1.165, 1.54) is 18.5 Å². The van der Waals surface area contributed by atoms with E-state index in [0.29, 0.717) is 16.0 Å². The van der Waals surface area contributed by atoms with Crippen molar-refractivity contribution in [2.45, 2.75) is 13.8 Å². The summed E-state index contributed by atoms with van der Waals surface area (Å²) in [6.45, 7) is 3.34. The molecule has 0 bridgehead atoms. The van der Waals surface area contributed by atoms with Gasteiger partial charge >= 0.3 is 5.69 Å². The van der Waals surface area contributed by atoms with Gasteiger partial charge in [-0.1, -0.05) is 0 Å². The third-order valence-corrected chi connectivity index (χ3v) is 2.46. The lowest BCUT2D eigenvalue weighted by Crippen LogP contribution is -2.28. The van der Waals surface area contributed by atoms with Crippen molar-refractivity contribution < 1.29 is 14.4 Å². The first-order valence-electron chi connectivity index (χ1n) is 5.46. The Kier molecular flexibility index (Phi) is 3.28. The van der Waals surface area contributed by atoms with Crippen LogP contribution >= 0.6 is 0 Å². The van der Waals surface area contributed by atoms with E-state index in [9.17, 15) is 15.3 Å². The summed E-state index contributed by atoms with van der Waals surface area (Å²) in [5.74, 6) is 0.0551. The lowest BCUT2D eigenvalue weighted by molar-refractivity contribution is -0.612.